The van der Waals surface area contributed by atoms with Crippen LogP contribution in [0.15, 0.2) is 41.5 Å². The van der Waals surface area contributed by atoms with Crippen molar-refractivity contribution in [3.63, 3.8) is 0 Å². The number of amidine groups is 1. The van der Waals surface area contributed by atoms with Gasteiger partial charge in [0.2, 0.25) is 0 Å². The second-order valence-corrected chi connectivity index (χ2v) is 7.46. The van der Waals surface area contributed by atoms with E-state index in [1.165, 1.54) is 12.5 Å². The number of amides is 1. The number of carbonyl (C=O) groups excluding carboxylic acids is 1. The van der Waals surface area contributed by atoms with Crippen LogP contribution in [-0.4, -0.2) is 30.4 Å². The highest BCUT2D eigenvalue weighted by atomic mass is 19.1. The first kappa shape index (κ1) is 17.0. The summed E-state index contributed by atoms with van der Waals surface area (Å²) in [5.74, 6) is 0.844. The Kier molecular flexibility index (Phi) is 3.96. The maximum absolute atomic E-state index is 14.6. The Labute approximate surface area is 162 Å². The van der Waals surface area contributed by atoms with Gasteiger partial charge in [0.25, 0.3) is 5.91 Å². The van der Waals surface area contributed by atoms with E-state index in [1.807, 2.05) is 30.0 Å². The van der Waals surface area contributed by atoms with Gasteiger partial charge in [-0.3, -0.25) is 4.79 Å². The van der Waals surface area contributed by atoms with Gasteiger partial charge in [-0.15, -0.1) is 0 Å². The molecule has 144 valence electrons. The summed E-state index contributed by atoms with van der Waals surface area (Å²) in [4.78, 5) is 14.0. The molecule has 0 aromatic heterocycles. The fourth-order valence-electron chi connectivity index (χ4n) is 3.87. The van der Waals surface area contributed by atoms with E-state index >= 15 is 0 Å². The molecule has 2 aromatic rings. The molecule has 0 saturated heterocycles. The maximum Gasteiger partial charge on any atom is 0.262 e. The predicted octanol–water partition coefficient (Wildman–Crippen LogP) is 3.49. The van der Waals surface area contributed by atoms with E-state index in [2.05, 4.69) is 15.8 Å². The van der Waals surface area contributed by atoms with E-state index in [1.54, 1.807) is 12.1 Å². The molecule has 2 heterocycles. The Hall–Kier alpha value is -3.09. The molecule has 6 nitrogen and oxygen atoms in total. The van der Waals surface area contributed by atoms with Crippen LogP contribution < -0.4 is 20.4 Å². The summed E-state index contributed by atoms with van der Waals surface area (Å²) >= 11 is 0. The van der Waals surface area contributed by atoms with E-state index in [0.717, 1.165) is 29.8 Å². The third-order valence-electron chi connectivity index (χ3n) is 5.68. The zero-order valence-electron chi connectivity index (χ0n) is 15.5. The summed E-state index contributed by atoms with van der Waals surface area (Å²) in [7, 11) is 0. The van der Waals surface area contributed by atoms with E-state index in [4.69, 9.17) is 4.74 Å². The van der Waals surface area contributed by atoms with Crippen molar-refractivity contribution in [3.05, 3.63) is 42.2 Å². The number of nitrogens with one attached hydrogen (secondary N) is 2. The average molecular weight is 380 g/mol. The van der Waals surface area contributed by atoms with E-state index in [9.17, 15) is 9.18 Å². The highest BCUT2D eigenvalue weighted by molar-refractivity contribution is 6.10. The molecule has 1 saturated carbocycles. The van der Waals surface area contributed by atoms with Crippen LogP contribution in [0.2, 0.25) is 0 Å². The molecular formula is C21H21FN4O2. The molecule has 1 amide bonds. The standard InChI is InChI=1S/C21H21FN4O2/c1-12-21(27)25-24-20-11-28-19-9-15(14-7-2-3-8-16(14)22)17(10-18(19)26(12)20)23-13-5-4-6-13/h2-3,7-10,12-13,23H,4-6,11H2,1H3,(H,25,27)/t12-/m1/s1. The fourth-order valence-corrected chi connectivity index (χ4v) is 3.87. The van der Waals surface area contributed by atoms with Gasteiger partial charge in [-0.2, -0.15) is 5.10 Å². The number of nitrogens with zero attached hydrogens (tertiary/aromatic N) is 2. The van der Waals surface area contributed by atoms with Gasteiger partial charge in [-0.25, -0.2) is 9.82 Å². The molecule has 2 aliphatic heterocycles. The van der Waals surface area contributed by atoms with Crippen molar-refractivity contribution >= 4 is 23.1 Å². The molecule has 0 radical (unpaired) electrons. The molecular weight excluding hydrogens is 359 g/mol. The van der Waals surface area contributed by atoms with Crippen LogP contribution in [0.1, 0.15) is 26.2 Å². The van der Waals surface area contributed by atoms with Crippen LogP contribution in [0, 0.1) is 5.82 Å². The van der Waals surface area contributed by atoms with Crippen molar-refractivity contribution in [2.75, 3.05) is 16.8 Å². The zero-order valence-corrected chi connectivity index (χ0v) is 15.5. The number of halogens is 1. The van der Waals surface area contributed by atoms with Gasteiger partial charge in [-0.1, -0.05) is 18.2 Å². The van der Waals surface area contributed by atoms with E-state index in [0.29, 0.717) is 23.2 Å². The van der Waals surface area contributed by atoms with E-state index < -0.39 is 6.04 Å². The minimum absolute atomic E-state index is 0.164. The molecule has 1 aliphatic carbocycles. The number of hydrogen-bond acceptors (Lipinski definition) is 5. The SMILES string of the molecule is C[C@@H]1C(=O)NN=C2COc3cc(-c4ccccc4F)c(NC4CCC4)cc3N21. The van der Waals surface area contributed by atoms with Crippen molar-refractivity contribution in [2.24, 2.45) is 5.10 Å². The molecule has 0 unspecified atom stereocenters. The first-order valence-electron chi connectivity index (χ1n) is 9.60. The van der Waals surface area contributed by atoms with Gasteiger partial charge in [-0.05, 0) is 44.4 Å². The first-order chi connectivity index (χ1) is 13.6. The lowest BCUT2D eigenvalue weighted by Gasteiger charge is -2.39. The van der Waals surface area contributed by atoms with Crippen molar-refractivity contribution in [2.45, 2.75) is 38.3 Å². The number of rotatable bonds is 3. The summed E-state index contributed by atoms with van der Waals surface area (Å²) in [6.45, 7) is 2.09. The quantitative estimate of drug-likeness (QED) is 0.856. The molecule has 0 spiro atoms. The third-order valence-corrected chi connectivity index (χ3v) is 5.68. The summed E-state index contributed by atoms with van der Waals surface area (Å²) in [6, 6.07) is 10.6. The number of hydrogen-bond donors (Lipinski definition) is 2. The van der Waals surface area contributed by atoms with Gasteiger partial charge in [0.1, 0.15) is 24.2 Å². The normalized spacial score (nSPS) is 20.9. The van der Waals surface area contributed by atoms with Gasteiger partial charge in [0, 0.05) is 22.9 Å². The lowest BCUT2D eigenvalue weighted by Crippen LogP contribution is -2.55. The lowest BCUT2D eigenvalue weighted by atomic mass is 9.91. The molecule has 2 aromatic carbocycles. The molecule has 0 bridgehead atoms. The highest BCUT2D eigenvalue weighted by Gasteiger charge is 2.36. The summed E-state index contributed by atoms with van der Waals surface area (Å²) in [5, 5.41) is 7.69. The van der Waals surface area contributed by atoms with Crippen LogP contribution in [0.5, 0.6) is 5.75 Å². The highest BCUT2D eigenvalue weighted by Crippen LogP contribution is 2.44. The molecule has 5 rings (SSSR count). The first-order valence-corrected chi connectivity index (χ1v) is 9.60. The van der Waals surface area contributed by atoms with Crippen LogP contribution in [-0.2, 0) is 4.79 Å². The van der Waals surface area contributed by atoms with Gasteiger partial charge >= 0.3 is 0 Å². The van der Waals surface area contributed by atoms with Gasteiger partial charge in [0.15, 0.2) is 5.84 Å². The predicted molar refractivity (Wildman–Crippen MR) is 106 cm³/mol. The number of hydrazone groups is 1. The monoisotopic (exact) mass is 380 g/mol. The topological polar surface area (TPSA) is 66.0 Å². The van der Waals surface area contributed by atoms with Crippen LogP contribution in [0.3, 0.4) is 0 Å². The second kappa shape index (κ2) is 6.51. The van der Waals surface area contributed by atoms with Crippen LogP contribution in [0.4, 0.5) is 15.8 Å². The minimum Gasteiger partial charge on any atom is -0.483 e. The Balaban J connectivity index is 1.65. The number of fused-ring (bicyclic) bond motifs is 3. The number of carbonyl (C=O) groups is 1. The molecule has 2 N–H and O–H groups in total. The minimum atomic E-state index is -0.397. The summed E-state index contributed by atoms with van der Waals surface area (Å²) in [6.07, 6.45) is 3.39. The molecule has 7 heteroatoms. The molecule has 1 fully saturated rings. The smallest absolute Gasteiger partial charge is 0.262 e. The maximum atomic E-state index is 14.6. The Morgan fingerprint density at radius 1 is 1.25 bits per heavy atom. The van der Waals surface area contributed by atoms with Crippen LogP contribution in [0.25, 0.3) is 11.1 Å². The Morgan fingerprint density at radius 2 is 2.07 bits per heavy atom. The van der Waals surface area contributed by atoms with Crippen molar-refractivity contribution in [3.8, 4) is 16.9 Å². The third kappa shape index (κ3) is 2.69. The zero-order chi connectivity index (χ0) is 19.3. The van der Waals surface area contributed by atoms with Crippen molar-refractivity contribution < 1.29 is 13.9 Å². The fraction of sp³-hybridized carbons (Fsp3) is 0.333. The van der Waals surface area contributed by atoms with Gasteiger partial charge in [0.05, 0.1) is 5.69 Å². The number of benzene rings is 2. The number of anilines is 2. The van der Waals surface area contributed by atoms with Crippen LogP contribution >= 0.6 is 0 Å². The van der Waals surface area contributed by atoms with Crippen molar-refractivity contribution in [1.29, 1.82) is 0 Å². The largest absolute Gasteiger partial charge is 0.483 e. The van der Waals surface area contributed by atoms with E-state index in [-0.39, 0.29) is 18.3 Å². The Bertz CT molecular complexity index is 986. The molecule has 3 aliphatic rings. The van der Waals surface area contributed by atoms with Gasteiger partial charge < -0.3 is 15.0 Å². The summed E-state index contributed by atoms with van der Waals surface area (Å²) < 4.78 is 20.5. The second-order valence-electron chi connectivity index (χ2n) is 7.46. The average Bonchev–Trinajstić information content (AvgIpc) is 2.67. The molecule has 28 heavy (non-hydrogen) atoms. The lowest BCUT2D eigenvalue weighted by molar-refractivity contribution is -0.122. The van der Waals surface area contributed by atoms with Crippen molar-refractivity contribution in [1.82, 2.24) is 5.43 Å². The Morgan fingerprint density at radius 3 is 2.82 bits per heavy atom. The number of ether oxygens (including phenoxy) is 1. The summed E-state index contributed by atoms with van der Waals surface area (Å²) in [5.41, 5.74) is 5.44. The molecule has 1 atom stereocenters.